The van der Waals surface area contributed by atoms with E-state index in [0.29, 0.717) is 25.2 Å². The SMILES string of the molecule is CN(Cc1cccnc1)S(=O)(=O)c1ccc2c(c1)CN(C(=O)c1ccn[nH]1)CC2. The predicted molar refractivity (Wildman–Crippen MR) is 106 cm³/mol. The maximum absolute atomic E-state index is 13.0. The number of nitrogens with one attached hydrogen (secondary N) is 1. The van der Waals surface area contributed by atoms with Crippen LogP contribution in [-0.2, 0) is 29.5 Å². The molecule has 3 heterocycles. The first kappa shape index (κ1) is 19.3. The van der Waals surface area contributed by atoms with E-state index < -0.39 is 10.0 Å². The van der Waals surface area contributed by atoms with Gasteiger partial charge in [-0.2, -0.15) is 9.40 Å². The van der Waals surface area contributed by atoms with Crippen LogP contribution < -0.4 is 0 Å². The van der Waals surface area contributed by atoms with Crippen LogP contribution in [0.2, 0.25) is 0 Å². The zero-order chi connectivity index (χ0) is 20.4. The minimum atomic E-state index is -3.67. The fraction of sp³-hybridized carbons (Fsp3) is 0.250. The van der Waals surface area contributed by atoms with Gasteiger partial charge in [0.15, 0.2) is 0 Å². The molecular formula is C20H21N5O3S. The maximum Gasteiger partial charge on any atom is 0.272 e. The summed E-state index contributed by atoms with van der Waals surface area (Å²) in [4.78, 5) is 18.5. The molecule has 1 aromatic carbocycles. The first-order valence-electron chi connectivity index (χ1n) is 9.21. The number of hydrogen-bond donors (Lipinski definition) is 1. The lowest BCUT2D eigenvalue weighted by atomic mass is 9.99. The van der Waals surface area contributed by atoms with Crippen LogP contribution in [0.15, 0.2) is 59.9 Å². The van der Waals surface area contributed by atoms with Gasteiger partial charge in [0.2, 0.25) is 10.0 Å². The highest BCUT2D eigenvalue weighted by Crippen LogP contribution is 2.25. The maximum atomic E-state index is 13.0. The van der Waals surface area contributed by atoms with Gasteiger partial charge < -0.3 is 4.90 Å². The molecule has 1 aliphatic heterocycles. The largest absolute Gasteiger partial charge is 0.333 e. The van der Waals surface area contributed by atoms with Crippen LogP contribution in [0.1, 0.15) is 27.2 Å². The second-order valence-corrected chi connectivity index (χ2v) is 9.04. The van der Waals surface area contributed by atoms with E-state index in [4.69, 9.17) is 0 Å². The van der Waals surface area contributed by atoms with Crippen LogP contribution in [0, 0.1) is 0 Å². The number of sulfonamides is 1. The Kier molecular flexibility index (Phi) is 5.16. The Morgan fingerprint density at radius 2 is 2.07 bits per heavy atom. The fourth-order valence-corrected chi connectivity index (χ4v) is 4.64. The van der Waals surface area contributed by atoms with Gasteiger partial charge in [0.05, 0.1) is 4.90 Å². The second kappa shape index (κ2) is 7.76. The van der Waals surface area contributed by atoms with Crippen molar-refractivity contribution in [1.29, 1.82) is 0 Å². The molecule has 0 atom stereocenters. The fourth-order valence-electron chi connectivity index (χ4n) is 3.43. The highest BCUT2D eigenvalue weighted by atomic mass is 32.2. The summed E-state index contributed by atoms with van der Waals surface area (Å²) in [7, 11) is -2.11. The Labute approximate surface area is 169 Å². The van der Waals surface area contributed by atoms with Crippen molar-refractivity contribution in [2.75, 3.05) is 13.6 Å². The summed E-state index contributed by atoms with van der Waals surface area (Å²) in [5.41, 5.74) is 3.15. The molecule has 150 valence electrons. The normalized spacial score (nSPS) is 14.1. The van der Waals surface area contributed by atoms with E-state index in [1.165, 1.54) is 10.5 Å². The number of nitrogens with zero attached hydrogens (tertiary/aromatic N) is 4. The van der Waals surface area contributed by atoms with Crippen molar-refractivity contribution < 1.29 is 13.2 Å². The topological polar surface area (TPSA) is 99.3 Å². The molecule has 29 heavy (non-hydrogen) atoms. The second-order valence-electron chi connectivity index (χ2n) is 7.00. The number of aromatic amines is 1. The molecule has 9 heteroatoms. The molecule has 1 amide bonds. The Balaban J connectivity index is 1.56. The van der Waals surface area contributed by atoms with Gasteiger partial charge in [-0.25, -0.2) is 8.42 Å². The third kappa shape index (κ3) is 3.92. The van der Waals surface area contributed by atoms with Crippen molar-refractivity contribution in [2.45, 2.75) is 24.4 Å². The van der Waals surface area contributed by atoms with Crippen LogP contribution in [0.25, 0.3) is 0 Å². The smallest absolute Gasteiger partial charge is 0.272 e. The molecule has 1 aliphatic rings. The molecule has 0 radical (unpaired) electrons. The molecule has 0 fully saturated rings. The van der Waals surface area contributed by atoms with Crippen molar-refractivity contribution in [1.82, 2.24) is 24.4 Å². The Bertz CT molecular complexity index is 1110. The highest BCUT2D eigenvalue weighted by molar-refractivity contribution is 7.89. The van der Waals surface area contributed by atoms with Crippen molar-refractivity contribution >= 4 is 15.9 Å². The van der Waals surface area contributed by atoms with Gasteiger partial charge in [-0.3, -0.25) is 14.9 Å². The van der Waals surface area contributed by atoms with Crippen molar-refractivity contribution in [3.63, 3.8) is 0 Å². The number of carbonyl (C=O) groups excluding carboxylic acids is 1. The van der Waals surface area contributed by atoms with E-state index >= 15 is 0 Å². The minimum Gasteiger partial charge on any atom is -0.333 e. The molecule has 0 unspecified atom stereocenters. The lowest BCUT2D eigenvalue weighted by Crippen LogP contribution is -2.36. The Morgan fingerprint density at radius 3 is 2.79 bits per heavy atom. The number of H-pyrrole nitrogens is 1. The summed E-state index contributed by atoms with van der Waals surface area (Å²) in [6.45, 7) is 1.18. The molecule has 8 nitrogen and oxygen atoms in total. The van der Waals surface area contributed by atoms with Gasteiger partial charge in [0.1, 0.15) is 5.69 Å². The van der Waals surface area contributed by atoms with E-state index in [1.807, 2.05) is 12.1 Å². The molecule has 4 rings (SSSR count). The zero-order valence-electron chi connectivity index (χ0n) is 15.9. The summed E-state index contributed by atoms with van der Waals surface area (Å²) >= 11 is 0. The number of benzene rings is 1. The minimum absolute atomic E-state index is 0.143. The average molecular weight is 411 g/mol. The molecule has 0 bridgehead atoms. The standard InChI is InChI=1S/C20H21N5O3S/c1-24(13-15-3-2-8-21-12-15)29(27,28)18-5-4-16-7-10-25(14-17(16)11-18)20(26)19-6-9-22-23-19/h2-6,8-9,11-12H,7,10,13-14H2,1H3,(H,22,23). The number of pyridine rings is 1. The summed E-state index contributed by atoms with van der Waals surface area (Å²) < 4.78 is 27.4. The van der Waals surface area contributed by atoms with E-state index in [1.54, 1.807) is 48.6 Å². The van der Waals surface area contributed by atoms with E-state index in [9.17, 15) is 13.2 Å². The third-order valence-electron chi connectivity index (χ3n) is 5.04. The summed E-state index contributed by atoms with van der Waals surface area (Å²) in [6.07, 6.45) is 5.52. The van der Waals surface area contributed by atoms with E-state index in [-0.39, 0.29) is 17.3 Å². The lowest BCUT2D eigenvalue weighted by molar-refractivity contribution is 0.0728. The predicted octanol–water partition coefficient (Wildman–Crippen LogP) is 1.82. The molecule has 0 aliphatic carbocycles. The van der Waals surface area contributed by atoms with Gasteiger partial charge in [-0.1, -0.05) is 12.1 Å². The summed E-state index contributed by atoms with van der Waals surface area (Å²) in [5, 5.41) is 6.50. The van der Waals surface area contributed by atoms with Gasteiger partial charge >= 0.3 is 0 Å². The zero-order valence-corrected chi connectivity index (χ0v) is 16.8. The van der Waals surface area contributed by atoms with Crippen LogP contribution in [0.5, 0.6) is 0 Å². The number of hydrogen-bond acceptors (Lipinski definition) is 5. The average Bonchev–Trinajstić information content (AvgIpc) is 3.28. The monoisotopic (exact) mass is 411 g/mol. The molecule has 2 aromatic heterocycles. The van der Waals surface area contributed by atoms with Gasteiger partial charge in [0.25, 0.3) is 5.91 Å². The first-order valence-corrected chi connectivity index (χ1v) is 10.6. The number of amides is 1. The molecule has 0 saturated carbocycles. The van der Waals surface area contributed by atoms with Crippen molar-refractivity contribution in [2.24, 2.45) is 0 Å². The van der Waals surface area contributed by atoms with E-state index in [0.717, 1.165) is 16.7 Å². The summed E-state index contributed by atoms with van der Waals surface area (Å²) in [6, 6.07) is 10.4. The lowest BCUT2D eigenvalue weighted by Gasteiger charge is -2.29. The van der Waals surface area contributed by atoms with Gasteiger partial charge in [0, 0.05) is 45.3 Å². The number of rotatable bonds is 5. The molecule has 3 aromatic rings. The molecule has 0 spiro atoms. The number of fused-ring (bicyclic) bond motifs is 1. The van der Waals surface area contributed by atoms with Crippen molar-refractivity contribution in [3.05, 3.63) is 77.4 Å². The highest BCUT2D eigenvalue weighted by Gasteiger charge is 2.26. The molecule has 1 N–H and O–H groups in total. The summed E-state index contributed by atoms with van der Waals surface area (Å²) in [5.74, 6) is -0.143. The van der Waals surface area contributed by atoms with Gasteiger partial charge in [-0.15, -0.1) is 0 Å². The Hall–Kier alpha value is -3.04. The van der Waals surface area contributed by atoms with Gasteiger partial charge in [-0.05, 0) is 47.4 Å². The van der Waals surface area contributed by atoms with Crippen LogP contribution in [-0.4, -0.2) is 52.3 Å². The Morgan fingerprint density at radius 1 is 1.21 bits per heavy atom. The third-order valence-corrected chi connectivity index (χ3v) is 6.84. The van der Waals surface area contributed by atoms with Crippen LogP contribution >= 0.6 is 0 Å². The number of carbonyl (C=O) groups is 1. The molecule has 0 saturated heterocycles. The number of aromatic nitrogens is 3. The molecular weight excluding hydrogens is 390 g/mol. The van der Waals surface area contributed by atoms with Crippen molar-refractivity contribution in [3.8, 4) is 0 Å². The van der Waals surface area contributed by atoms with Crippen LogP contribution in [0.4, 0.5) is 0 Å². The quantitative estimate of drug-likeness (QED) is 0.690. The van der Waals surface area contributed by atoms with Crippen LogP contribution in [0.3, 0.4) is 0 Å². The van der Waals surface area contributed by atoms with E-state index in [2.05, 4.69) is 15.2 Å². The first-order chi connectivity index (χ1) is 13.9.